The summed E-state index contributed by atoms with van der Waals surface area (Å²) in [5.74, 6) is 5.83. The number of alkyl halides is 5. The number of halogens is 5. The third-order valence-corrected chi connectivity index (χ3v) is 3.28. The molecule has 2 aromatic carbocycles. The van der Waals surface area contributed by atoms with Gasteiger partial charge in [0.15, 0.2) is 0 Å². The molecule has 0 fully saturated rings. The van der Waals surface area contributed by atoms with E-state index in [-0.39, 0.29) is 12.2 Å². The van der Waals surface area contributed by atoms with Gasteiger partial charge in [-0.15, -0.1) is 0 Å². The average Bonchev–Trinajstić information content (AvgIpc) is 2.53. The van der Waals surface area contributed by atoms with Gasteiger partial charge in [0, 0.05) is 17.5 Å². The zero-order valence-corrected chi connectivity index (χ0v) is 13.1. The highest BCUT2D eigenvalue weighted by Crippen LogP contribution is 2.22. The fourth-order valence-electron chi connectivity index (χ4n) is 2.16. The summed E-state index contributed by atoms with van der Waals surface area (Å²) >= 11 is 0. The zero-order valence-electron chi connectivity index (χ0n) is 13.1. The Morgan fingerprint density at radius 1 is 0.920 bits per heavy atom. The Morgan fingerprint density at radius 2 is 1.60 bits per heavy atom. The molecule has 0 saturated heterocycles. The van der Waals surface area contributed by atoms with Crippen molar-refractivity contribution < 1.29 is 26.7 Å². The number of aryl methyl sites for hydroxylation is 1. The lowest BCUT2D eigenvalue weighted by Gasteiger charge is -2.06. The van der Waals surface area contributed by atoms with Gasteiger partial charge in [0.2, 0.25) is 0 Å². The first-order valence-electron chi connectivity index (χ1n) is 7.54. The normalized spacial score (nSPS) is 11.1. The average molecular weight is 354 g/mol. The van der Waals surface area contributed by atoms with E-state index in [4.69, 9.17) is 0 Å². The molecule has 132 valence electrons. The monoisotopic (exact) mass is 354 g/mol. The van der Waals surface area contributed by atoms with Crippen LogP contribution >= 0.6 is 0 Å². The predicted octanol–water partition coefficient (Wildman–Crippen LogP) is 5.57. The summed E-state index contributed by atoms with van der Waals surface area (Å²) in [6.07, 6.45) is -4.59. The highest BCUT2D eigenvalue weighted by atomic mass is 19.4. The van der Waals surface area contributed by atoms with E-state index in [1.807, 2.05) is 0 Å². The summed E-state index contributed by atoms with van der Waals surface area (Å²) in [7, 11) is 0. The predicted molar refractivity (Wildman–Crippen MR) is 84.5 cm³/mol. The van der Waals surface area contributed by atoms with Crippen LogP contribution < -0.4 is 4.74 Å². The molecule has 0 N–H and O–H groups in total. The molecule has 0 radical (unpaired) electrons. The lowest BCUT2D eigenvalue weighted by molar-refractivity contribution is -0.135. The summed E-state index contributed by atoms with van der Waals surface area (Å²) in [6.45, 7) is -2.88. The van der Waals surface area contributed by atoms with Gasteiger partial charge in [0.25, 0.3) is 0 Å². The first-order valence-corrected chi connectivity index (χ1v) is 7.54. The Morgan fingerprint density at radius 3 is 2.24 bits per heavy atom. The summed E-state index contributed by atoms with van der Waals surface area (Å²) in [5, 5.41) is 0. The van der Waals surface area contributed by atoms with Crippen molar-refractivity contribution in [2.75, 3.05) is 0 Å². The highest BCUT2D eigenvalue weighted by Gasteiger charge is 2.25. The first-order chi connectivity index (χ1) is 11.8. The van der Waals surface area contributed by atoms with E-state index < -0.39 is 19.2 Å². The molecule has 1 nitrogen and oxygen atoms in total. The van der Waals surface area contributed by atoms with E-state index in [9.17, 15) is 22.0 Å². The fraction of sp³-hybridized carbons (Fsp3) is 0.263. The molecule has 0 saturated carbocycles. The van der Waals surface area contributed by atoms with Crippen LogP contribution in [-0.4, -0.2) is 12.8 Å². The fourth-order valence-corrected chi connectivity index (χ4v) is 2.16. The van der Waals surface area contributed by atoms with E-state index >= 15 is 0 Å². The lowest BCUT2D eigenvalue weighted by Crippen LogP contribution is -2.07. The van der Waals surface area contributed by atoms with Crippen molar-refractivity contribution in [1.82, 2.24) is 0 Å². The third kappa shape index (κ3) is 7.25. The second-order valence-corrected chi connectivity index (χ2v) is 5.32. The van der Waals surface area contributed by atoms with Crippen LogP contribution in [0.3, 0.4) is 0 Å². The number of ether oxygens (including phenoxy) is 1. The zero-order chi connectivity index (χ0) is 18.3. The van der Waals surface area contributed by atoms with Crippen LogP contribution in [0.1, 0.15) is 29.5 Å². The minimum atomic E-state index is -4.14. The van der Waals surface area contributed by atoms with Crippen LogP contribution in [0.2, 0.25) is 0 Å². The lowest BCUT2D eigenvalue weighted by atomic mass is 10.0. The summed E-state index contributed by atoms with van der Waals surface area (Å²) in [6, 6.07) is 12.9. The van der Waals surface area contributed by atoms with Crippen molar-refractivity contribution >= 4 is 0 Å². The SMILES string of the molecule is FC(F)Oc1ccc(C#Cc2cccc(CCCC(F)(F)F)c2)cc1. The quantitative estimate of drug-likeness (QED) is 0.504. The van der Waals surface area contributed by atoms with Gasteiger partial charge in [-0.1, -0.05) is 24.0 Å². The van der Waals surface area contributed by atoms with E-state index in [0.717, 1.165) is 5.56 Å². The minimum Gasteiger partial charge on any atom is -0.435 e. The third-order valence-electron chi connectivity index (χ3n) is 3.28. The first kappa shape index (κ1) is 18.8. The van der Waals surface area contributed by atoms with Crippen LogP contribution in [0.5, 0.6) is 5.75 Å². The van der Waals surface area contributed by atoms with Crippen LogP contribution in [0.15, 0.2) is 48.5 Å². The Balaban J connectivity index is 1.99. The molecule has 0 amide bonds. The molecule has 0 aliphatic heterocycles. The van der Waals surface area contributed by atoms with Gasteiger partial charge in [-0.05, 0) is 54.8 Å². The number of rotatable bonds is 5. The van der Waals surface area contributed by atoms with Crippen molar-refractivity contribution in [3.8, 4) is 17.6 Å². The minimum absolute atomic E-state index is 0.0337. The molecule has 6 heteroatoms. The summed E-state index contributed by atoms with van der Waals surface area (Å²) in [5.41, 5.74) is 2.08. The van der Waals surface area contributed by atoms with Crippen LogP contribution in [0.25, 0.3) is 0 Å². The Kier molecular flexibility index (Phi) is 6.40. The maximum absolute atomic E-state index is 12.2. The van der Waals surface area contributed by atoms with Crippen molar-refractivity contribution in [3.63, 3.8) is 0 Å². The van der Waals surface area contributed by atoms with Gasteiger partial charge >= 0.3 is 12.8 Å². The Hall–Kier alpha value is -2.55. The maximum atomic E-state index is 12.2. The Bertz CT molecular complexity index is 739. The molecule has 0 bridgehead atoms. The molecule has 0 atom stereocenters. The van der Waals surface area contributed by atoms with Crippen LogP contribution in [0.4, 0.5) is 22.0 Å². The standard InChI is InChI=1S/C19H15F5O/c20-18(21)25-17-10-8-14(9-11-17)6-7-16-4-1-3-15(13-16)5-2-12-19(22,23)24/h1,3-4,8-11,13,18H,2,5,12H2. The molecule has 25 heavy (non-hydrogen) atoms. The summed E-state index contributed by atoms with van der Waals surface area (Å²) < 4.78 is 64.9. The van der Waals surface area contributed by atoms with E-state index in [2.05, 4.69) is 16.6 Å². The van der Waals surface area contributed by atoms with Crippen LogP contribution in [-0.2, 0) is 6.42 Å². The van der Waals surface area contributed by atoms with E-state index in [1.54, 1.807) is 36.4 Å². The molecule has 0 aromatic heterocycles. The smallest absolute Gasteiger partial charge is 0.389 e. The number of hydrogen-bond donors (Lipinski definition) is 0. The molecular formula is C19H15F5O. The number of benzene rings is 2. The second-order valence-electron chi connectivity index (χ2n) is 5.32. The van der Waals surface area contributed by atoms with Gasteiger partial charge in [0.05, 0.1) is 0 Å². The molecule has 0 spiro atoms. The van der Waals surface area contributed by atoms with E-state index in [0.29, 0.717) is 17.5 Å². The molecule has 0 aliphatic rings. The van der Waals surface area contributed by atoms with Crippen molar-refractivity contribution in [2.24, 2.45) is 0 Å². The van der Waals surface area contributed by atoms with Crippen molar-refractivity contribution in [3.05, 3.63) is 65.2 Å². The molecule has 0 unspecified atom stereocenters. The van der Waals surface area contributed by atoms with Crippen LogP contribution in [0, 0.1) is 11.8 Å². The van der Waals surface area contributed by atoms with Crippen molar-refractivity contribution in [2.45, 2.75) is 32.1 Å². The van der Waals surface area contributed by atoms with Gasteiger partial charge in [-0.2, -0.15) is 22.0 Å². The molecule has 0 heterocycles. The Labute approximate surface area is 142 Å². The van der Waals surface area contributed by atoms with E-state index in [1.165, 1.54) is 12.1 Å². The topological polar surface area (TPSA) is 9.23 Å². The highest BCUT2D eigenvalue weighted by molar-refractivity contribution is 5.45. The molecule has 2 rings (SSSR count). The number of hydrogen-bond acceptors (Lipinski definition) is 1. The van der Waals surface area contributed by atoms with Gasteiger partial charge in [0.1, 0.15) is 5.75 Å². The second kappa shape index (κ2) is 8.52. The van der Waals surface area contributed by atoms with Gasteiger partial charge < -0.3 is 4.74 Å². The van der Waals surface area contributed by atoms with Gasteiger partial charge in [-0.25, -0.2) is 0 Å². The van der Waals surface area contributed by atoms with Gasteiger partial charge in [-0.3, -0.25) is 0 Å². The molecular weight excluding hydrogens is 339 g/mol. The molecule has 2 aromatic rings. The molecule has 0 aliphatic carbocycles. The maximum Gasteiger partial charge on any atom is 0.389 e. The summed E-state index contributed by atoms with van der Waals surface area (Å²) in [4.78, 5) is 0. The largest absolute Gasteiger partial charge is 0.435 e. The van der Waals surface area contributed by atoms with Crippen molar-refractivity contribution in [1.29, 1.82) is 0 Å².